The van der Waals surface area contributed by atoms with Crippen LogP contribution in [0.3, 0.4) is 0 Å². The van der Waals surface area contributed by atoms with Crippen LogP contribution in [-0.4, -0.2) is 41.6 Å². The second-order valence-electron chi connectivity index (χ2n) is 7.86. The third kappa shape index (κ3) is 6.27. The van der Waals surface area contributed by atoms with E-state index < -0.39 is 12.1 Å². The fraction of sp³-hybridized carbons (Fsp3) is 0.308. The molecule has 3 rings (SSSR count). The lowest BCUT2D eigenvalue weighted by atomic mass is 9.97. The van der Waals surface area contributed by atoms with Crippen molar-refractivity contribution < 1.29 is 23.9 Å². The number of methoxy groups -OCH3 is 2. The number of esters is 1. The predicted octanol–water partition coefficient (Wildman–Crippen LogP) is 4.80. The van der Waals surface area contributed by atoms with Crippen LogP contribution in [0.5, 0.6) is 0 Å². The van der Waals surface area contributed by atoms with Crippen molar-refractivity contribution in [3.8, 4) is 0 Å². The lowest BCUT2D eigenvalue weighted by Gasteiger charge is -2.11. The largest absolute Gasteiger partial charge is 0.465 e. The molecule has 1 heterocycles. The first kappa shape index (κ1) is 26.0. The summed E-state index contributed by atoms with van der Waals surface area (Å²) in [5.74, 6) is 0.00103. The zero-order valence-corrected chi connectivity index (χ0v) is 20.7. The van der Waals surface area contributed by atoms with Crippen molar-refractivity contribution in [2.24, 2.45) is 0 Å². The van der Waals surface area contributed by atoms with Gasteiger partial charge in [0.05, 0.1) is 38.6 Å². The third-order valence-electron chi connectivity index (χ3n) is 5.52. The number of unbranched alkanes of at least 4 members (excludes halogenated alkanes) is 1. The first-order chi connectivity index (χ1) is 16.9. The van der Waals surface area contributed by atoms with Crippen molar-refractivity contribution >= 4 is 29.4 Å². The molecule has 1 N–H and O–H groups in total. The van der Waals surface area contributed by atoms with Gasteiger partial charge in [0.2, 0.25) is 0 Å². The number of amides is 1. The molecular weight excluding hydrogens is 470 g/mol. The Morgan fingerprint density at radius 3 is 2.31 bits per heavy atom. The number of ether oxygens (including phenoxy) is 2. The van der Waals surface area contributed by atoms with Crippen LogP contribution in [0.4, 0.5) is 4.79 Å². The van der Waals surface area contributed by atoms with Crippen LogP contribution in [-0.2, 0) is 29.0 Å². The van der Waals surface area contributed by atoms with Crippen LogP contribution in [0.25, 0.3) is 0 Å². The molecule has 0 unspecified atom stereocenters. The molecule has 8 nitrogen and oxygen atoms in total. The van der Waals surface area contributed by atoms with E-state index in [2.05, 4.69) is 22.0 Å². The predicted molar refractivity (Wildman–Crippen MR) is 132 cm³/mol. The minimum Gasteiger partial charge on any atom is -0.465 e. The van der Waals surface area contributed by atoms with Crippen molar-refractivity contribution in [1.82, 2.24) is 14.9 Å². The number of nitrogens with one attached hydrogen (secondary N) is 1. The SMILES string of the molecule is CCCCc1nc(CNC(=O)OC)c(Cl)n1Cc1ccc(C(=O)c2ccccc2C(=O)OC)cc1. The monoisotopic (exact) mass is 497 g/mol. The number of nitrogens with zero attached hydrogens (tertiary/aromatic N) is 2. The molecule has 0 aliphatic carbocycles. The molecule has 0 fully saturated rings. The molecule has 0 saturated carbocycles. The smallest absolute Gasteiger partial charge is 0.407 e. The van der Waals surface area contributed by atoms with E-state index in [4.69, 9.17) is 16.3 Å². The number of carbonyl (C=O) groups is 3. The van der Waals surface area contributed by atoms with Gasteiger partial charge in [0.15, 0.2) is 5.78 Å². The van der Waals surface area contributed by atoms with Crippen molar-refractivity contribution in [3.05, 3.63) is 87.5 Å². The van der Waals surface area contributed by atoms with Crippen molar-refractivity contribution in [2.45, 2.75) is 39.3 Å². The Labute approximate surface area is 209 Å². The van der Waals surface area contributed by atoms with E-state index in [9.17, 15) is 14.4 Å². The molecule has 35 heavy (non-hydrogen) atoms. The molecule has 3 aromatic rings. The summed E-state index contributed by atoms with van der Waals surface area (Å²) in [4.78, 5) is 41.2. The molecule has 9 heteroatoms. The van der Waals surface area contributed by atoms with Gasteiger partial charge in [-0.3, -0.25) is 4.79 Å². The van der Waals surface area contributed by atoms with E-state index in [1.54, 1.807) is 36.4 Å². The number of aromatic nitrogens is 2. The van der Waals surface area contributed by atoms with Gasteiger partial charge in [-0.2, -0.15) is 0 Å². The standard InChI is InChI=1S/C26H28ClN3O5/c1-4-5-10-22-29-21(15-28-26(33)35-3)24(27)30(22)16-17-11-13-18(14-12-17)23(31)19-8-6-7-9-20(19)25(32)34-2/h6-9,11-14H,4-5,10,15-16H2,1-3H3,(H,28,33). The highest BCUT2D eigenvalue weighted by Gasteiger charge is 2.19. The van der Waals surface area contributed by atoms with Crippen LogP contribution in [0.15, 0.2) is 48.5 Å². The number of alkyl carbamates (subject to hydrolysis) is 1. The third-order valence-corrected chi connectivity index (χ3v) is 5.95. The summed E-state index contributed by atoms with van der Waals surface area (Å²) in [5, 5.41) is 3.05. The van der Waals surface area contributed by atoms with Crippen LogP contribution >= 0.6 is 11.6 Å². The molecule has 0 spiro atoms. The molecular formula is C26H28ClN3O5. The average Bonchev–Trinajstić information content (AvgIpc) is 3.19. The Morgan fingerprint density at radius 1 is 1.00 bits per heavy atom. The summed E-state index contributed by atoms with van der Waals surface area (Å²) in [7, 11) is 2.58. The fourth-order valence-corrected chi connectivity index (χ4v) is 3.89. The van der Waals surface area contributed by atoms with Gasteiger partial charge in [0, 0.05) is 17.5 Å². The minimum atomic E-state index is -0.558. The Balaban J connectivity index is 1.83. The van der Waals surface area contributed by atoms with Crippen molar-refractivity contribution in [3.63, 3.8) is 0 Å². The summed E-state index contributed by atoms with van der Waals surface area (Å²) >= 11 is 6.62. The van der Waals surface area contributed by atoms with Crippen LogP contribution in [0.2, 0.25) is 5.15 Å². The molecule has 0 atom stereocenters. The number of hydrogen-bond donors (Lipinski definition) is 1. The molecule has 0 aliphatic rings. The quantitative estimate of drug-likeness (QED) is 0.319. The maximum absolute atomic E-state index is 13.0. The zero-order valence-electron chi connectivity index (χ0n) is 20.0. The highest BCUT2D eigenvalue weighted by atomic mass is 35.5. The first-order valence-electron chi connectivity index (χ1n) is 11.3. The number of hydrogen-bond acceptors (Lipinski definition) is 6. The minimum absolute atomic E-state index is 0.157. The van der Waals surface area contributed by atoms with Gasteiger partial charge in [-0.1, -0.05) is 67.4 Å². The average molecular weight is 498 g/mol. The van der Waals surface area contributed by atoms with Crippen LogP contribution < -0.4 is 5.32 Å². The van der Waals surface area contributed by atoms with Crippen LogP contribution in [0, 0.1) is 0 Å². The number of rotatable bonds is 10. The first-order valence-corrected chi connectivity index (χ1v) is 11.6. The Bertz CT molecular complexity index is 1200. The van der Waals surface area contributed by atoms with Gasteiger partial charge in [-0.15, -0.1) is 0 Å². The number of aryl methyl sites for hydroxylation is 1. The van der Waals surface area contributed by atoms with E-state index in [1.165, 1.54) is 14.2 Å². The highest BCUT2D eigenvalue weighted by molar-refractivity contribution is 6.30. The molecule has 1 amide bonds. The second-order valence-corrected chi connectivity index (χ2v) is 8.22. The van der Waals surface area contributed by atoms with Crippen molar-refractivity contribution in [2.75, 3.05) is 14.2 Å². The van der Waals surface area contributed by atoms with E-state index >= 15 is 0 Å². The molecule has 184 valence electrons. The van der Waals surface area contributed by atoms with Crippen LogP contribution in [0.1, 0.15) is 63.1 Å². The lowest BCUT2D eigenvalue weighted by Crippen LogP contribution is -2.22. The molecule has 1 aromatic heterocycles. The number of imidazole rings is 1. The fourth-order valence-electron chi connectivity index (χ4n) is 3.63. The van der Waals surface area contributed by atoms with Gasteiger partial charge in [-0.05, 0) is 18.1 Å². The summed E-state index contributed by atoms with van der Waals surface area (Å²) < 4.78 is 11.3. The topological polar surface area (TPSA) is 99.5 Å². The number of carbonyl (C=O) groups excluding carboxylic acids is 3. The van der Waals surface area contributed by atoms with Gasteiger partial charge < -0.3 is 19.4 Å². The van der Waals surface area contributed by atoms with Gasteiger partial charge in [0.25, 0.3) is 0 Å². The maximum atomic E-state index is 13.0. The van der Waals surface area contributed by atoms with Crippen molar-refractivity contribution in [1.29, 1.82) is 0 Å². The van der Waals surface area contributed by atoms with Gasteiger partial charge >= 0.3 is 12.1 Å². The number of ketones is 1. The number of halogens is 1. The summed E-state index contributed by atoms with van der Waals surface area (Å²) in [6.45, 7) is 2.71. The van der Waals surface area contributed by atoms with Gasteiger partial charge in [-0.25, -0.2) is 14.6 Å². The number of benzene rings is 2. The summed E-state index contributed by atoms with van der Waals surface area (Å²) in [6, 6.07) is 13.7. The van der Waals surface area contributed by atoms with E-state index in [0.717, 1.165) is 30.7 Å². The molecule has 0 radical (unpaired) electrons. The van der Waals surface area contributed by atoms with Gasteiger partial charge in [0.1, 0.15) is 11.0 Å². The summed E-state index contributed by atoms with van der Waals surface area (Å²) in [6.07, 6.45) is 2.14. The Kier molecular flexibility index (Phi) is 9.03. The Morgan fingerprint density at radius 2 is 1.69 bits per heavy atom. The summed E-state index contributed by atoms with van der Waals surface area (Å²) in [5.41, 5.74) is 2.45. The highest BCUT2D eigenvalue weighted by Crippen LogP contribution is 2.23. The van der Waals surface area contributed by atoms with E-state index in [0.29, 0.717) is 23.0 Å². The second kappa shape index (κ2) is 12.2. The van der Waals surface area contributed by atoms with E-state index in [-0.39, 0.29) is 23.5 Å². The molecule has 0 bridgehead atoms. The lowest BCUT2D eigenvalue weighted by molar-refractivity contribution is 0.0597. The molecule has 0 aliphatic heterocycles. The zero-order chi connectivity index (χ0) is 25.4. The molecule has 0 saturated heterocycles. The molecule has 2 aromatic carbocycles. The van der Waals surface area contributed by atoms with E-state index in [1.807, 2.05) is 16.7 Å². The Hall–Kier alpha value is -3.65. The maximum Gasteiger partial charge on any atom is 0.407 e. The normalized spacial score (nSPS) is 10.6.